The molecule has 0 saturated heterocycles. The van der Waals surface area contributed by atoms with Gasteiger partial charge in [-0.3, -0.25) is 4.79 Å². The van der Waals surface area contributed by atoms with Gasteiger partial charge in [0.1, 0.15) is 5.75 Å². The van der Waals surface area contributed by atoms with Gasteiger partial charge in [0.15, 0.2) is 0 Å². The first-order chi connectivity index (χ1) is 9.49. The number of carbonyl (C=O) groups is 2. The molecule has 0 heterocycles. The van der Waals surface area contributed by atoms with Gasteiger partial charge >= 0.3 is 5.97 Å². The van der Waals surface area contributed by atoms with E-state index in [-0.39, 0.29) is 22.9 Å². The molecule has 0 aliphatic heterocycles. The Morgan fingerprint density at radius 3 is 2.40 bits per heavy atom. The standard InChI is InChI=1S/C14H10INO4/c15-10-4-2-1-3-9(10)13(18)16-11-6-5-8(14(19)20)7-12(11)17/h1-7,17H,(H,16,18)(H,19,20). The zero-order valence-corrected chi connectivity index (χ0v) is 12.3. The molecule has 0 fully saturated rings. The maximum atomic E-state index is 12.1. The molecule has 0 bridgehead atoms. The molecule has 0 radical (unpaired) electrons. The second-order valence-electron chi connectivity index (χ2n) is 3.97. The number of hydrogen-bond acceptors (Lipinski definition) is 3. The molecule has 2 rings (SSSR count). The number of amides is 1. The molecule has 0 saturated carbocycles. The summed E-state index contributed by atoms with van der Waals surface area (Å²) in [6.45, 7) is 0. The van der Waals surface area contributed by atoms with E-state index < -0.39 is 5.97 Å². The molecule has 102 valence electrons. The summed E-state index contributed by atoms with van der Waals surface area (Å²) in [5, 5.41) is 21.1. The Hall–Kier alpha value is -2.09. The number of carboxylic acids is 1. The van der Waals surface area contributed by atoms with E-state index in [4.69, 9.17) is 5.11 Å². The van der Waals surface area contributed by atoms with E-state index in [1.807, 2.05) is 28.7 Å². The minimum Gasteiger partial charge on any atom is -0.506 e. The molecule has 0 aromatic heterocycles. The number of carbonyl (C=O) groups excluding carboxylic acids is 1. The van der Waals surface area contributed by atoms with Crippen LogP contribution in [-0.4, -0.2) is 22.1 Å². The number of halogens is 1. The number of phenolic OH excluding ortho intramolecular Hbond substituents is 1. The van der Waals surface area contributed by atoms with Crippen molar-refractivity contribution in [2.24, 2.45) is 0 Å². The molecule has 5 nitrogen and oxygen atoms in total. The lowest BCUT2D eigenvalue weighted by molar-refractivity contribution is 0.0696. The van der Waals surface area contributed by atoms with Crippen LogP contribution in [-0.2, 0) is 0 Å². The van der Waals surface area contributed by atoms with Crippen LogP contribution < -0.4 is 5.32 Å². The van der Waals surface area contributed by atoms with E-state index in [0.717, 1.165) is 9.64 Å². The van der Waals surface area contributed by atoms with E-state index in [1.165, 1.54) is 12.1 Å². The first kappa shape index (κ1) is 14.3. The van der Waals surface area contributed by atoms with Crippen LogP contribution in [0.3, 0.4) is 0 Å². The van der Waals surface area contributed by atoms with Gasteiger partial charge in [0.2, 0.25) is 0 Å². The van der Waals surface area contributed by atoms with Crippen LogP contribution in [0.15, 0.2) is 42.5 Å². The van der Waals surface area contributed by atoms with E-state index in [1.54, 1.807) is 18.2 Å². The highest BCUT2D eigenvalue weighted by Crippen LogP contribution is 2.25. The number of benzene rings is 2. The van der Waals surface area contributed by atoms with Gasteiger partial charge in [-0.1, -0.05) is 12.1 Å². The molecule has 1 amide bonds. The average molecular weight is 383 g/mol. The second kappa shape index (κ2) is 5.91. The van der Waals surface area contributed by atoms with E-state index in [2.05, 4.69) is 5.32 Å². The van der Waals surface area contributed by atoms with Gasteiger partial charge in [-0.25, -0.2) is 4.79 Å². The van der Waals surface area contributed by atoms with Gasteiger partial charge in [-0.15, -0.1) is 0 Å². The molecule has 0 atom stereocenters. The Morgan fingerprint density at radius 1 is 1.10 bits per heavy atom. The third-order valence-electron chi connectivity index (χ3n) is 2.61. The van der Waals surface area contributed by atoms with Crippen molar-refractivity contribution < 1.29 is 19.8 Å². The second-order valence-corrected chi connectivity index (χ2v) is 5.13. The monoisotopic (exact) mass is 383 g/mol. The van der Waals surface area contributed by atoms with Crippen molar-refractivity contribution in [3.05, 3.63) is 57.2 Å². The van der Waals surface area contributed by atoms with Gasteiger partial charge < -0.3 is 15.5 Å². The van der Waals surface area contributed by atoms with Crippen LogP contribution >= 0.6 is 22.6 Å². The first-order valence-corrected chi connectivity index (χ1v) is 6.69. The van der Waals surface area contributed by atoms with Crippen LogP contribution in [0.1, 0.15) is 20.7 Å². The van der Waals surface area contributed by atoms with Crippen molar-refractivity contribution in [1.82, 2.24) is 0 Å². The fraction of sp³-hybridized carbons (Fsp3) is 0. The Kier molecular flexibility index (Phi) is 4.23. The summed E-state index contributed by atoms with van der Waals surface area (Å²) in [7, 11) is 0. The molecule has 0 spiro atoms. The molecule has 20 heavy (non-hydrogen) atoms. The van der Waals surface area contributed by atoms with Gasteiger partial charge in [0.25, 0.3) is 5.91 Å². The Bertz CT molecular complexity index is 685. The van der Waals surface area contributed by atoms with Crippen molar-refractivity contribution in [2.75, 3.05) is 5.32 Å². The third-order valence-corrected chi connectivity index (χ3v) is 3.55. The van der Waals surface area contributed by atoms with Crippen LogP contribution in [0, 0.1) is 3.57 Å². The van der Waals surface area contributed by atoms with Gasteiger partial charge in [-0.05, 0) is 52.9 Å². The topological polar surface area (TPSA) is 86.6 Å². The zero-order chi connectivity index (χ0) is 14.7. The summed E-state index contributed by atoms with van der Waals surface area (Å²) in [6.07, 6.45) is 0. The molecular weight excluding hydrogens is 373 g/mol. The van der Waals surface area contributed by atoms with Crippen molar-refractivity contribution in [3.63, 3.8) is 0 Å². The maximum absolute atomic E-state index is 12.1. The summed E-state index contributed by atoms with van der Waals surface area (Å²) in [5.41, 5.74) is 0.601. The predicted molar refractivity (Wildman–Crippen MR) is 82.2 cm³/mol. The molecule has 0 aliphatic rings. The SMILES string of the molecule is O=C(O)c1ccc(NC(=O)c2ccccc2I)c(O)c1. The van der Waals surface area contributed by atoms with Gasteiger partial charge in [-0.2, -0.15) is 0 Å². The molecule has 3 N–H and O–H groups in total. The fourth-order valence-electron chi connectivity index (χ4n) is 1.61. The number of anilines is 1. The number of aromatic carboxylic acids is 1. The normalized spacial score (nSPS) is 10.1. The minimum absolute atomic E-state index is 0.0465. The molecule has 2 aromatic rings. The van der Waals surface area contributed by atoms with Crippen LogP contribution in [0.2, 0.25) is 0 Å². The highest BCUT2D eigenvalue weighted by Gasteiger charge is 2.13. The van der Waals surface area contributed by atoms with Crippen molar-refractivity contribution in [3.8, 4) is 5.75 Å². The number of hydrogen-bond donors (Lipinski definition) is 3. The van der Waals surface area contributed by atoms with Gasteiger partial charge in [0.05, 0.1) is 16.8 Å². The molecule has 0 unspecified atom stereocenters. The first-order valence-electron chi connectivity index (χ1n) is 5.61. The number of phenols is 1. The number of carboxylic acid groups (broad SMARTS) is 1. The number of rotatable bonds is 3. The van der Waals surface area contributed by atoms with Crippen molar-refractivity contribution in [1.29, 1.82) is 0 Å². The van der Waals surface area contributed by atoms with Crippen molar-refractivity contribution >= 4 is 40.2 Å². The zero-order valence-electron chi connectivity index (χ0n) is 10.1. The van der Waals surface area contributed by atoms with Gasteiger partial charge in [0, 0.05) is 3.57 Å². The Morgan fingerprint density at radius 2 is 1.80 bits per heavy atom. The molecule has 2 aromatic carbocycles. The number of nitrogens with one attached hydrogen (secondary N) is 1. The number of aromatic hydroxyl groups is 1. The summed E-state index contributed by atoms with van der Waals surface area (Å²) < 4.78 is 0.782. The highest BCUT2D eigenvalue weighted by atomic mass is 127. The summed E-state index contributed by atoms with van der Waals surface area (Å²) >= 11 is 2.04. The highest BCUT2D eigenvalue weighted by molar-refractivity contribution is 14.1. The third kappa shape index (κ3) is 3.08. The van der Waals surface area contributed by atoms with Crippen LogP contribution in [0.4, 0.5) is 5.69 Å². The summed E-state index contributed by atoms with van der Waals surface area (Å²) in [5.74, 6) is -1.80. The van der Waals surface area contributed by atoms with E-state index in [0.29, 0.717) is 5.56 Å². The quantitative estimate of drug-likeness (QED) is 0.562. The maximum Gasteiger partial charge on any atom is 0.335 e. The Labute approximate surface area is 128 Å². The predicted octanol–water partition coefficient (Wildman–Crippen LogP) is 2.95. The molecule has 6 heteroatoms. The Balaban J connectivity index is 2.25. The lowest BCUT2D eigenvalue weighted by Gasteiger charge is -2.09. The summed E-state index contributed by atoms with van der Waals surface area (Å²) in [6, 6.07) is 10.8. The smallest absolute Gasteiger partial charge is 0.335 e. The molecular formula is C14H10INO4. The largest absolute Gasteiger partial charge is 0.506 e. The minimum atomic E-state index is -1.14. The van der Waals surface area contributed by atoms with E-state index >= 15 is 0 Å². The van der Waals surface area contributed by atoms with Crippen LogP contribution in [0.25, 0.3) is 0 Å². The van der Waals surface area contributed by atoms with Crippen molar-refractivity contribution in [2.45, 2.75) is 0 Å². The lowest BCUT2D eigenvalue weighted by Crippen LogP contribution is -2.13. The lowest BCUT2D eigenvalue weighted by atomic mass is 10.1. The average Bonchev–Trinajstić information content (AvgIpc) is 2.41. The summed E-state index contributed by atoms with van der Waals surface area (Å²) in [4.78, 5) is 22.8. The van der Waals surface area contributed by atoms with Crippen LogP contribution in [0.5, 0.6) is 5.75 Å². The fourth-order valence-corrected chi connectivity index (χ4v) is 2.24. The van der Waals surface area contributed by atoms with E-state index in [9.17, 15) is 14.7 Å². The molecule has 0 aliphatic carbocycles.